The highest BCUT2D eigenvalue weighted by molar-refractivity contribution is 5.74. The molecule has 0 spiro atoms. The van der Waals surface area contributed by atoms with Crippen LogP contribution in [0.2, 0.25) is 0 Å². The Morgan fingerprint density at radius 2 is 1.83 bits per heavy atom. The summed E-state index contributed by atoms with van der Waals surface area (Å²) in [6.07, 6.45) is -9.69. The molecule has 1 rings (SSSR count). The van der Waals surface area contributed by atoms with Gasteiger partial charge in [0.2, 0.25) is 0 Å². The normalized spacial score (nSPS) is 38.2. The average Bonchev–Trinajstić information content (AvgIpc) is 2.37. The number of esters is 1. The van der Waals surface area contributed by atoms with Crippen LogP contribution >= 0.6 is 0 Å². The zero-order chi connectivity index (χ0) is 13.9. The van der Waals surface area contributed by atoms with Gasteiger partial charge in [0, 0.05) is 0 Å². The second kappa shape index (κ2) is 6.38. The van der Waals surface area contributed by atoms with E-state index in [2.05, 4.69) is 4.74 Å². The fourth-order valence-electron chi connectivity index (χ4n) is 1.49. The molecule has 1 saturated heterocycles. The SMILES string of the molecule is O=C(O[C@@H]1[C@@H](O)[C@H](O)[C@@H](CO)O[C@@H]1O)C(O)CO. The van der Waals surface area contributed by atoms with Crippen LogP contribution in [0.15, 0.2) is 0 Å². The van der Waals surface area contributed by atoms with E-state index in [-0.39, 0.29) is 0 Å². The predicted octanol–water partition coefficient (Wildman–Crippen LogP) is -4.32. The van der Waals surface area contributed by atoms with Gasteiger partial charge < -0.3 is 40.1 Å². The molecular formula is C9H16O9. The van der Waals surface area contributed by atoms with Crippen molar-refractivity contribution in [3.05, 3.63) is 0 Å². The minimum absolute atomic E-state index is 0.644. The third-order valence-corrected chi connectivity index (χ3v) is 2.54. The first-order valence-electron chi connectivity index (χ1n) is 5.22. The first kappa shape index (κ1) is 15.2. The van der Waals surface area contributed by atoms with Crippen LogP contribution in [0.4, 0.5) is 0 Å². The van der Waals surface area contributed by atoms with Gasteiger partial charge >= 0.3 is 5.97 Å². The molecule has 6 N–H and O–H groups in total. The molecule has 1 aliphatic heterocycles. The van der Waals surface area contributed by atoms with Crippen LogP contribution in [-0.4, -0.2) is 86.6 Å². The molecule has 6 atom stereocenters. The van der Waals surface area contributed by atoms with Crippen molar-refractivity contribution in [2.24, 2.45) is 0 Å². The Bertz CT molecular complexity index is 283. The van der Waals surface area contributed by atoms with E-state index in [0.717, 1.165) is 0 Å². The van der Waals surface area contributed by atoms with E-state index in [1.165, 1.54) is 0 Å². The summed E-state index contributed by atoms with van der Waals surface area (Å²) in [6.45, 7) is -1.53. The number of aliphatic hydroxyl groups excluding tert-OH is 6. The summed E-state index contributed by atoms with van der Waals surface area (Å²) in [5.74, 6) is -1.28. The van der Waals surface area contributed by atoms with Gasteiger partial charge in [-0.15, -0.1) is 0 Å². The fraction of sp³-hybridized carbons (Fsp3) is 0.889. The Kier molecular flexibility index (Phi) is 5.41. The Hall–Kier alpha value is -0.810. The average molecular weight is 268 g/mol. The van der Waals surface area contributed by atoms with Crippen molar-refractivity contribution in [1.82, 2.24) is 0 Å². The van der Waals surface area contributed by atoms with Gasteiger partial charge in [-0.05, 0) is 0 Å². The zero-order valence-corrected chi connectivity index (χ0v) is 9.29. The quantitative estimate of drug-likeness (QED) is 0.277. The fourth-order valence-corrected chi connectivity index (χ4v) is 1.49. The molecule has 1 heterocycles. The minimum Gasteiger partial charge on any atom is -0.452 e. The Labute approximate surface area is 102 Å². The molecule has 0 bridgehead atoms. The second-order valence-corrected chi connectivity index (χ2v) is 3.83. The van der Waals surface area contributed by atoms with Gasteiger partial charge in [0.1, 0.15) is 18.3 Å². The third-order valence-electron chi connectivity index (χ3n) is 2.54. The van der Waals surface area contributed by atoms with Crippen molar-refractivity contribution in [3.8, 4) is 0 Å². The maximum atomic E-state index is 11.2. The first-order valence-corrected chi connectivity index (χ1v) is 5.22. The highest BCUT2D eigenvalue weighted by Crippen LogP contribution is 2.22. The molecule has 0 radical (unpaired) electrons. The predicted molar refractivity (Wildman–Crippen MR) is 53.0 cm³/mol. The van der Waals surface area contributed by atoms with Gasteiger partial charge in [0.05, 0.1) is 13.2 Å². The molecule has 1 unspecified atom stereocenters. The molecule has 9 heteroatoms. The maximum absolute atomic E-state index is 11.2. The lowest BCUT2D eigenvalue weighted by Crippen LogP contribution is -2.60. The lowest BCUT2D eigenvalue weighted by molar-refractivity contribution is -0.292. The monoisotopic (exact) mass is 268 g/mol. The van der Waals surface area contributed by atoms with E-state index in [1.54, 1.807) is 0 Å². The van der Waals surface area contributed by atoms with Crippen molar-refractivity contribution in [3.63, 3.8) is 0 Å². The van der Waals surface area contributed by atoms with Gasteiger partial charge in [-0.2, -0.15) is 0 Å². The van der Waals surface area contributed by atoms with Crippen LogP contribution < -0.4 is 0 Å². The van der Waals surface area contributed by atoms with E-state index in [9.17, 15) is 20.1 Å². The van der Waals surface area contributed by atoms with Gasteiger partial charge in [0.15, 0.2) is 18.5 Å². The molecular weight excluding hydrogens is 252 g/mol. The topological polar surface area (TPSA) is 157 Å². The van der Waals surface area contributed by atoms with Gasteiger partial charge in [0.25, 0.3) is 0 Å². The molecule has 18 heavy (non-hydrogen) atoms. The molecule has 0 saturated carbocycles. The summed E-state index contributed by atoms with van der Waals surface area (Å²) in [4.78, 5) is 11.2. The number of ether oxygens (including phenoxy) is 2. The van der Waals surface area contributed by atoms with E-state index < -0.39 is 56.0 Å². The number of rotatable bonds is 4. The summed E-state index contributed by atoms with van der Waals surface area (Å²) in [7, 11) is 0. The van der Waals surface area contributed by atoms with E-state index in [1.807, 2.05) is 0 Å². The second-order valence-electron chi connectivity index (χ2n) is 3.83. The van der Waals surface area contributed by atoms with Crippen LogP contribution in [0, 0.1) is 0 Å². The molecule has 0 aromatic heterocycles. The Balaban J connectivity index is 2.68. The van der Waals surface area contributed by atoms with Crippen LogP contribution in [0.25, 0.3) is 0 Å². The molecule has 0 aromatic rings. The lowest BCUT2D eigenvalue weighted by Gasteiger charge is -2.39. The van der Waals surface area contributed by atoms with Crippen LogP contribution in [0.1, 0.15) is 0 Å². The van der Waals surface area contributed by atoms with E-state index in [4.69, 9.17) is 20.1 Å². The van der Waals surface area contributed by atoms with Crippen LogP contribution in [-0.2, 0) is 14.3 Å². The molecule has 9 nitrogen and oxygen atoms in total. The molecule has 1 fully saturated rings. The van der Waals surface area contributed by atoms with E-state index in [0.29, 0.717) is 0 Å². The molecule has 0 aromatic carbocycles. The molecule has 0 aliphatic carbocycles. The maximum Gasteiger partial charge on any atom is 0.337 e. The third kappa shape index (κ3) is 3.14. The number of hydrogen-bond donors (Lipinski definition) is 6. The minimum atomic E-state index is -1.82. The summed E-state index contributed by atoms with van der Waals surface area (Å²) < 4.78 is 9.24. The summed E-state index contributed by atoms with van der Waals surface area (Å²) in [5.41, 5.74) is 0. The molecule has 106 valence electrons. The molecule has 0 amide bonds. The number of carbonyl (C=O) groups excluding carboxylic acids is 1. The Morgan fingerprint density at radius 1 is 1.22 bits per heavy atom. The molecule has 1 aliphatic rings. The van der Waals surface area contributed by atoms with E-state index >= 15 is 0 Å². The van der Waals surface area contributed by atoms with Crippen molar-refractivity contribution in [2.45, 2.75) is 36.8 Å². The lowest BCUT2D eigenvalue weighted by atomic mass is 9.99. The smallest absolute Gasteiger partial charge is 0.337 e. The van der Waals surface area contributed by atoms with Gasteiger partial charge in [-0.25, -0.2) is 4.79 Å². The van der Waals surface area contributed by atoms with Gasteiger partial charge in [-0.3, -0.25) is 0 Å². The van der Waals surface area contributed by atoms with Crippen molar-refractivity contribution < 1.29 is 44.9 Å². The van der Waals surface area contributed by atoms with Crippen molar-refractivity contribution in [2.75, 3.05) is 13.2 Å². The zero-order valence-electron chi connectivity index (χ0n) is 9.29. The van der Waals surface area contributed by atoms with Crippen molar-refractivity contribution >= 4 is 5.97 Å². The highest BCUT2D eigenvalue weighted by Gasteiger charge is 2.46. The number of aliphatic hydroxyl groups is 6. The number of carbonyl (C=O) groups is 1. The van der Waals surface area contributed by atoms with Crippen molar-refractivity contribution in [1.29, 1.82) is 0 Å². The summed E-state index contributed by atoms with van der Waals surface area (Å²) >= 11 is 0. The Morgan fingerprint density at radius 3 is 2.33 bits per heavy atom. The first-order chi connectivity index (χ1) is 8.42. The largest absolute Gasteiger partial charge is 0.452 e. The standard InChI is InChI=1S/C9H16O9/c10-1-3(12)8(15)18-7-6(14)5(13)4(2-11)17-9(7)16/h3-7,9-14,16H,1-2H2/t3?,4-,5-,6+,7-,9+/m1/s1. The van der Waals surface area contributed by atoms with Gasteiger partial charge in [-0.1, -0.05) is 0 Å². The van der Waals surface area contributed by atoms with Crippen LogP contribution in [0.3, 0.4) is 0 Å². The summed E-state index contributed by atoms with van der Waals surface area (Å²) in [5, 5.41) is 54.8. The van der Waals surface area contributed by atoms with Crippen LogP contribution in [0.5, 0.6) is 0 Å². The number of hydrogen-bond acceptors (Lipinski definition) is 9. The highest BCUT2D eigenvalue weighted by atomic mass is 16.7. The summed E-state index contributed by atoms with van der Waals surface area (Å²) in [6, 6.07) is 0.